The Bertz CT molecular complexity index is 428. The van der Waals surface area contributed by atoms with Gasteiger partial charge in [-0.2, -0.15) is 0 Å². The number of aryl methyl sites for hydroxylation is 1. The molecule has 1 aliphatic carbocycles. The van der Waals surface area contributed by atoms with Crippen LogP contribution in [-0.2, 0) is 0 Å². The maximum Gasteiger partial charge on any atom is 0.152 e. The third-order valence-corrected chi connectivity index (χ3v) is 4.55. The number of anilines is 2. The number of pyridine rings is 1. The summed E-state index contributed by atoms with van der Waals surface area (Å²) >= 11 is 0. The van der Waals surface area contributed by atoms with Gasteiger partial charge in [-0.05, 0) is 50.2 Å². The highest BCUT2D eigenvalue weighted by Gasteiger charge is 2.34. The van der Waals surface area contributed by atoms with Crippen molar-refractivity contribution < 1.29 is 0 Å². The number of nitrogens with two attached hydrogens (primary N) is 1. The molecule has 0 unspecified atom stereocenters. The second kappa shape index (κ2) is 4.79. The molecule has 1 aromatic rings. The van der Waals surface area contributed by atoms with E-state index in [2.05, 4.69) is 16.0 Å². The molecular weight excluding hydrogens is 222 g/mol. The number of aromatic nitrogens is 1. The summed E-state index contributed by atoms with van der Waals surface area (Å²) in [5.74, 6) is 1.90. The maximum absolute atomic E-state index is 6.17. The van der Waals surface area contributed by atoms with Gasteiger partial charge < -0.3 is 10.6 Å². The van der Waals surface area contributed by atoms with E-state index in [1.807, 2.05) is 13.1 Å². The van der Waals surface area contributed by atoms with Crippen molar-refractivity contribution in [2.75, 3.05) is 17.2 Å². The van der Waals surface area contributed by atoms with E-state index in [0.717, 1.165) is 29.5 Å². The van der Waals surface area contributed by atoms with Gasteiger partial charge in [0.15, 0.2) is 5.82 Å². The van der Waals surface area contributed by atoms with Gasteiger partial charge in [-0.1, -0.05) is 12.8 Å². The van der Waals surface area contributed by atoms with E-state index in [0.29, 0.717) is 6.04 Å². The minimum Gasteiger partial charge on any atom is -0.396 e. The molecule has 1 saturated heterocycles. The molecule has 1 aromatic heterocycles. The lowest BCUT2D eigenvalue weighted by molar-refractivity contribution is 0.243. The molecule has 0 amide bonds. The van der Waals surface area contributed by atoms with Crippen LogP contribution < -0.4 is 10.6 Å². The van der Waals surface area contributed by atoms with Crippen molar-refractivity contribution in [2.45, 2.75) is 51.5 Å². The normalized spacial score (nSPS) is 27.9. The van der Waals surface area contributed by atoms with Crippen molar-refractivity contribution >= 4 is 11.5 Å². The smallest absolute Gasteiger partial charge is 0.152 e. The molecule has 2 heterocycles. The van der Waals surface area contributed by atoms with Crippen LogP contribution in [0, 0.1) is 12.8 Å². The Kier molecular flexibility index (Phi) is 3.14. The van der Waals surface area contributed by atoms with Gasteiger partial charge in [0.1, 0.15) is 0 Å². The number of hydrogen-bond acceptors (Lipinski definition) is 3. The zero-order valence-corrected chi connectivity index (χ0v) is 11.2. The fourth-order valence-corrected chi connectivity index (χ4v) is 3.71. The lowest BCUT2D eigenvalue weighted by Crippen LogP contribution is -2.47. The fourth-order valence-electron chi connectivity index (χ4n) is 3.71. The van der Waals surface area contributed by atoms with Crippen LogP contribution in [0.5, 0.6) is 0 Å². The van der Waals surface area contributed by atoms with Gasteiger partial charge in [0.05, 0.1) is 5.69 Å². The van der Waals surface area contributed by atoms with E-state index in [4.69, 9.17) is 5.73 Å². The van der Waals surface area contributed by atoms with Crippen LogP contribution in [0.15, 0.2) is 12.3 Å². The summed E-state index contributed by atoms with van der Waals surface area (Å²) in [4.78, 5) is 7.08. The second-order valence-electron chi connectivity index (χ2n) is 5.87. The number of rotatable bonds is 1. The van der Waals surface area contributed by atoms with Gasteiger partial charge in [0.2, 0.25) is 0 Å². The molecule has 2 aliphatic rings. The first kappa shape index (κ1) is 11.8. The van der Waals surface area contributed by atoms with Crippen molar-refractivity contribution in [1.29, 1.82) is 0 Å². The highest BCUT2D eigenvalue weighted by Crippen LogP contribution is 2.38. The van der Waals surface area contributed by atoms with Crippen LogP contribution in [0.3, 0.4) is 0 Å². The Morgan fingerprint density at radius 2 is 2.00 bits per heavy atom. The van der Waals surface area contributed by atoms with Crippen molar-refractivity contribution in [3.8, 4) is 0 Å². The van der Waals surface area contributed by atoms with Crippen molar-refractivity contribution in [2.24, 2.45) is 5.92 Å². The van der Waals surface area contributed by atoms with Gasteiger partial charge >= 0.3 is 0 Å². The number of nitrogens with zero attached hydrogens (tertiary/aromatic N) is 2. The Morgan fingerprint density at radius 3 is 2.83 bits per heavy atom. The number of nitrogen functional groups attached to an aromatic ring is 1. The van der Waals surface area contributed by atoms with Crippen molar-refractivity contribution in [3.05, 3.63) is 17.8 Å². The molecule has 2 N–H and O–H groups in total. The van der Waals surface area contributed by atoms with Gasteiger partial charge in [0, 0.05) is 18.8 Å². The van der Waals surface area contributed by atoms with Crippen LogP contribution in [-0.4, -0.2) is 17.6 Å². The highest BCUT2D eigenvalue weighted by atomic mass is 15.2. The molecule has 0 radical (unpaired) electrons. The third-order valence-electron chi connectivity index (χ3n) is 4.55. The van der Waals surface area contributed by atoms with E-state index in [9.17, 15) is 0 Å². The summed E-state index contributed by atoms with van der Waals surface area (Å²) in [5.41, 5.74) is 8.16. The molecule has 0 spiro atoms. The largest absolute Gasteiger partial charge is 0.396 e. The van der Waals surface area contributed by atoms with E-state index in [1.165, 1.54) is 38.5 Å². The predicted molar refractivity (Wildman–Crippen MR) is 75.7 cm³/mol. The summed E-state index contributed by atoms with van der Waals surface area (Å²) in [6, 6.07) is 2.74. The van der Waals surface area contributed by atoms with E-state index >= 15 is 0 Å². The minimum absolute atomic E-state index is 0.685. The Labute approximate surface area is 109 Å². The molecule has 2 atom stereocenters. The van der Waals surface area contributed by atoms with Crippen LogP contribution >= 0.6 is 0 Å². The molecule has 3 nitrogen and oxygen atoms in total. The molecule has 3 rings (SSSR count). The lowest BCUT2D eigenvalue weighted by atomic mass is 9.78. The molecule has 3 heteroatoms. The molecular formula is C15H23N3. The van der Waals surface area contributed by atoms with Gasteiger partial charge in [-0.15, -0.1) is 0 Å². The zero-order chi connectivity index (χ0) is 12.5. The van der Waals surface area contributed by atoms with Gasteiger partial charge in [-0.25, -0.2) is 4.98 Å². The van der Waals surface area contributed by atoms with Crippen molar-refractivity contribution in [3.63, 3.8) is 0 Å². The molecule has 18 heavy (non-hydrogen) atoms. The molecule has 0 bridgehead atoms. The zero-order valence-electron chi connectivity index (χ0n) is 11.2. The SMILES string of the molecule is Cc1cnc(N2CCC[C@H]3CCCC[C@H]32)c(N)c1. The summed E-state index contributed by atoms with van der Waals surface area (Å²) in [7, 11) is 0. The number of fused-ring (bicyclic) bond motifs is 1. The van der Waals surface area contributed by atoms with E-state index < -0.39 is 0 Å². The van der Waals surface area contributed by atoms with Crippen LogP contribution in [0.2, 0.25) is 0 Å². The van der Waals surface area contributed by atoms with Crippen LogP contribution in [0.25, 0.3) is 0 Å². The number of hydrogen-bond donors (Lipinski definition) is 1. The van der Waals surface area contributed by atoms with E-state index in [1.54, 1.807) is 0 Å². The lowest BCUT2D eigenvalue weighted by Gasteiger charge is -2.45. The molecule has 2 fully saturated rings. The summed E-state index contributed by atoms with van der Waals surface area (Å²) in [5, 5.41) is 0. The third kappa shape index (κ3) is 2.06. The van der Waals surface area contributed by atoms with E-state index in [-0.39, 0.29) is 0 Å². The van der Waals surface area contributed by atoms with Crippen LogP contribution in [0.1, 0.15) is 44.1 Å². The monoisotopic (exact) mass is 245 g/mol. The summed E-state index contributed by atoms with van der Waals surface area (Å²) < 4.78 is 0. The first-order valence-corrected chi connectivity index (χ1v) is 7.24. The number of piperidine rings is 1. The highest BCUT2D eigenvalue weighted by molar-refractivity contribution is 5.64. The average Bonchev–Trinajstić information content (AvgIpc) is 2.38. The average molecular weight is 245 g/mol. The Hall–Kier alpha value is -1.25. The van der Waals surface area contributed by atoms with Gasteiger partial charge in [0.25, 0.3) is 0 Å². The molecule has 0 aromatic carbocycles. The summed E-state index contributed by atoms with van der Waals surface area (Å²) in [6.07, 6.45) is 10.1. The maximum atomic E-state index is 6.17. The fraction of sp³-hybridized carbons (Fsp3) is 0.667. The standard InChI is InChI=1S/C15H23N3/c1-11-9-13(16)15(17-10-11)18-8-4-6-12-5-2-3-7-14(12)18/h9-10,12,14H,2-8,16H2,1H3/t12-,14-/m1/s1. The van der Waals surface area contributed by atoms with Gasteiger partial charge in [-0.3, -0.25) is 0 Å². The Morgan fingerprint density at radius 1 is 1.22 bits per heavy atom. The quantitative estimate of drug-likeness (QED) is 0.826. The Balaban J connectivity index is 1.89. The molecule has 1 saturated carbocycles. The topological polar surface area (TPSA) is 42.2 Å². The predicted octanol–water partition coefficient (Wildman–Crippen LogP) is 3.13. The minimum atomic E-state index is 0.685. The molecule has 98 valence electrons. The summed E-state index contributed by atoms with van der Waals surface area (Å²) in [6.45, 7) is 3.17. The van der Waals surface area contributed by atoms with Crippen molar-refractivity contribution in [1.82, 2.24) is 4.98 Å². The first-order chi connectivity index (χ1) is 8.75. The molecule has 1 aliphatic heterocycles. The van der Waals surface area contributed by atoms with Crippen LogP contribution in [0.4, 0.5) is 11.5 Å². The second-order valence-corrected chi connectivity index (χ2v) is 5.87. The first-order valence-electron chi connectivity index (χ1n) is 7.24.